The Balaban J connectivity index is 1.42. The van der Waals surface area contributed by atoms with E-state index in [1.165, 1.54) is 0 Å². The average molecular weight is 529 g/mol. The first kappa shape index (κ1) is 28.9. The van der Waals surface area contributed by atoms with E-state index in [0.717, 1.165) is 34.1 Å². The normalized spacial score (nSPS) is 10.6. The van der Waals surface area contributed by atoms with Gasteiger partial charge in [-0.3, -0.25) is 0 Å². The quantitative estimate of drug-likeness (QED) is 0.121. The van der Waals surface area contributed by atoms with Gasteiger partial charge in [0, 0.05) is 12.5 Å². The molecule has 3 rings (SSSR count). The van der Waals surface area contributed by atoms with Gasteiger partial charge in [-0.2, -0.15) is 0 Å². The molecule has 0 saturated carbocycles. The van der Waals surface area contributed by atoms with Crippen LogP contribution in [0.15, 0.2) is 97.6 Å². The first-order valence-corrected chi connectivity index (χ1v) is 12.5. The van der Waals surface area contributed by atoms with E-state index in [1.54, 1.807) is 0 Å². The van der Waals surface area contributed by atoms with Gasteiger partial charge in [0.15, 0.2) is 0 Å². The molecule has 0 aliphatic rings. The summed E-state index contributed by atoms with van der Waals surface area (Å²) in [5, 5.41) is 8.84. The Morgan fingerprint density at radius 3 is 1.77 bits per heavy atom. The Hall–Kier alpha value is -4.62. The number of hydrogen-bond acceptors (Lipinski definition) is 7. The minimum absolute atomic E-state index is 0.0377. The van der Waals surface area contributed by atoms with Crippen molar-refractivity contribution < 1.29 is 33.6 Å². The standard InChI is InChI=1S/C32H32O7/c1-3-31(34)38-22-21-37-30-17-13-28(14-18-30)27-11-7-25(8-12-27)5-6-26-9-15-29(16-10-26)36-19-4-20-39-32(35)24(2)23-33/h3,5-18,33H,1-2,4,19-23H2/b6-5+. The molecular weight excluding hydrogens is 496 g/mol. The Kier molecular flexibility index (Phi) is 11.6. The van der Waals surface area contributed by atoms with Crippen molar-refractivity contribution in [3.63, 3.8) is 0 Å². The van der Waals surface area contributed by atoms with E-state index >= 15 is 0 Å². The molecule has 0 spiro atoms. The molecule has 7 nitrogen and oxygen atoms in total. The Morgan fingerprint density at radius 1 is 0.692 bits per heavy atom. The van der Waals surface area contributed by atoms with Gasteiger partial charge in [0.2, 0.25) is 0 Å². The molecule has 3 aromatic rings. The van der Waals surface area contributed by atoms with Crippen LogP contribution in [0.4, 0.5) is 0 Å². The van der Waals surface area contributed by atoms with Crippen LogP contribution in [0.25, 0.3) is 23.3 Å². The maximum absolute atomic E-state index is 11.4. The van der Waals surface area contributed by atoms with Gasteiger partial charge in [0.05, 0.1) is 25.4 Å². The average Bonchev–Trinajstić information content (AvgIpc) is 2.98. The summed E-state index contributed by atoms with van der Waals surface area (Å²) in [6, 6.07) is 23.7. The predicted octanol–water partition coefficient (Wildman–Crippen LogP) is 5.49. The molecule has 7 heteroatoms. The summed E-state index contributed by atoms with van der Waals surface area (Å²) in [6.45, 7) is 7.41. The summed E-state index contributed by atoms with van der Waals surface area (Å²) in [5.41, 5.74) is 4.31. The van der Waals surface area contributed by atoms with Gasteiger partial charge < -0.3 is 24.1 Å². The van der Waals surface area contributed by atoms with Crippen LogP contribution < -0.4 is 9.47 Å². The number of aliphatic hydroxyl groups excluding tert-OH is 1. The summed E-state index contributed by atoms with van der Waals surface area (Å²) < 4.78 is 21.1. The molecule has 0 fully saturated rings. The van der Waals surface area contributed by atoms with E-state index in [-0.39, 0.29) is 25.4 Å². The smallest absolute Gasteiger partial charge is 0.335 e. The highest BCUT2D eigenvalue weighted by Crippen LogP contribution is 2.23. The summed E-state index contributed by atoms with van der Waals surface area (Å²) in [5.74, 6) is 0.380. The van der Waals surface area contributed by atoms with E-state index < -0.39 is 18.5 Å². The van der Waals surface area contributed by atoms with Crippen molar-refractivity contribution in [1.29, 1.82) is 0 Å². The van der Waals surface area contributed by atoms with Crippen molar-refractivity contribution in [2.24, 2.45) is 0 Å². The lowest BCUT2D eigenvalue weighted by molar-refractivity contribution is -0.140. The van der Waals surface area contributed by atoms with Crippen molar-refractivity contribution in [1.82, 2.24) is 0 Å². The third kappa shape index (κ3) is 9.98. The summed E-state index contributed by atoms with van der Waals surface area (Å²) >= 11 is 0. The fraction of sp³-hybridized carbons (Fsp3) is 0.188. The number of rotatable bonds is 15. The zero-order valence-corrected chi connectivity index (χ0v) is 21.7. The number of ether oxygens (including phenoxy) is 4. The lowest BCUT2D eigenvalue weighted by atomic mass is 10.0. The Labute approximate surface area is 228 Å². The summed E-state index contributed by atoms with van der Waals surface area (Å²) in [7, 11) is 0. The van der Waals surface area contributed by atoms with Crippen LogP contribution in [-0.2, 0) is 19.1 Å². The Bertz CT molecular complexity index is 1260. The van der Waals surface area contributed by atoms with Gasteiger partial charge >= 0.3 is 11.9 Å². The highest BCUT2D eigenvalue weighted by atomic mass is 16.6. The summed E-state index contributed by atoms with van der Waals surface area (Å²) in [6.07, 6.45) is 5.74. The van der Waals surface area contributed by atoms with E-state index in [1.807, 2.05) is 60.7 Å². The zero-order valence-electron chi connectivity index (χ0n) is 21.7. The number of esters is 2. The molecule has 0 heterocycles. The minimum Gasteiger partial charge on any atom is -0.493 e. The first-order chi connectivity index (χ1) is 19.0. The van der Waals surface area contributed by atoms with Crippen LogP contribution in [-0.4, -0.2) is 50.1 Å². The molecule has 0 atom stereocenters. The highest BCUT2D eigenvalue weighted by Gasteiger charge is 2.06. The van der Waals surface area contributed by atoms with Gasteiger partial charge in [-0.15, -0.1) is 0 Å². The molecule has 0 bridgehead atoms. The van der Waals surface area contributed by atoms with Crippen LogP contribution in [0, 0.1) is 0 Å². The number of aliphatic hydroxyl groups is 1. The van der Waals surface area contributed by atoms with E-state index in [9.17, 15) is 9.59 Å². The van der Waals surface area contributed by atoms with Gasteiger partial charge in [0.1, 0.15) is 24.7 Å². The number of hydrogen-bond donors (Lipinski definition) is 1. The van der Waals surface area contributed by atoms with Crippen molar-refractivity contribution in [2.45, 2.75) is 6.42 Å². The number of benzene rings is 3. The second-order valence-corrected chi connectivity index (χ2v) is 8.37. The van der Waals surface area contributed by atoms with Crippen LogP contribution in [0.2, 0.25) is 0 Å². The molecule has 0 unspecified atom stereocenters. The molecule has 202 valence electrons. The molecule has 0 radical (unpaired) electrons. The molecule has 0 amide bonds. The van der Waals surface area contributed by atoms with Crippen molar-refractivity contribution in [2.75, 3.05) is 33.0 Å². The molecule has 0 aromatic heterocycles. The van der Waals surface area contributed by atoms with Crippen molar-refractivity contribution in [3.05, 3.63) is 109 Å². The second-order valence-electron chi connectivity index (χ2n) is 8.37. The highest BCUT2D eigenvalue weighted by molar-refractivity contribution is 5.87. The summed E-state index contributed by atoms with van der Waals surface area (Å²) in [4.78, 5) is 22.5. The monoisotopic (exact) mass is 528 g/mol. The van der Waals surface area contributed by atoms with Gasteiger partial charge in [-0.25, -0.2) is 9.59 Å². The first-order valence-electron chi connectivity index (χ1n) is 12.5. The third-order valence-corrected chi connectivity index (χ3v) is 5.48. The molecular formula is C32H32O7. The maximum Gasteiger partial charge on any atom is 0.335 e. The molecule has 0 saturated heterocycles. The molecule has 3 aromatic carbocycles. The van der Waals surface area contributed by atoms with E-state index in [0.29, 0.717) is 18.8 Å². The van der Waals surface area contributed by atoms with Gasteiger partial charge in [-0.1, -0.05) is 73.8 Å². The molecule has 1 N–H and O–H groups in total. The topological polar surface area (TPSA) is 91.3 Å². The lowest BCUT2D eigenvalue weighted by Crippen LogP contribution is -2.12. The number of carbonyl (C=O) groups excluding carboxylic acids is 2. The van der Waals surface area contributed by atoms with Crippen LogP contribution in [0.3, 0.4) is 0 Å². The lowest BCUT2D eigenvalue weighted by Gasteiger charge is -2.08. The molecule has 39 heavy (non-hydrogen) atoms. The maximum atomic E-state index is 11.4. The Morgan fingerprint density at radius 2 is 1.21 bits per heavy atom. The van der Waals surface area contributed by atoms with Crippen molar-refractivity contribution in [3.8, 4) is 22.6 Å². The molecule has 0 aliphatic carbocycles. The largest absolute Gasteiger partial charge is 0.493 e. The molecule has 0 aliphatic heterocycles. The van der Waals surface area contributed by atoms with Crippen LogP contribution in [0.5, 0.6) is 11.5 Å². The minimum atomic E-state index is -0.592. The van der Waals surface area contributed by atoms with Gasteiger partial charge in [-0.05, 0) is 46.5 Å². The predicted molar refractivity (Wildman–Crippen MR) is 151 cm³/mol. The fourth-order valence-corrected chi connectivity index (χ4v) is 3.34. The van der Waals surface area contributed by atoms with E-state index in [4.69, 9.17) is 24.1 Å². The fourth-order valence-electron chi connectivity index (χ4n) is 3.34. The third-order valence-electron chi connectivity index (χ3n) is 5.48. The van der Waals surface area contributed by atoms with E-state index in [2.05, 4.69) is 37.4 Å². The van der Waals surface area contributed by atoms with Crippen LogP contribution >= 0.6 is 0 Å². The zero-order chi connectivity index (χ0) is 27.9. The van der Waals surface area contributed by atoms with Crippen molar-refractivity contribution >= 4 is 24.1 Å². The second kappa shape index (κ2) is 15.6. The number of carbonyl (C=O) groups is 2. The van der Waals surface area contributed by atoms with Gasteiger partial charge in [0.25, 0.3) is 0 Å². The van der Waals surface area contributed by atoms with Crippen LogP contribution in [0.1, 0.15) is 17.5 Å². The SMILES string of the molecule is C=CC(=O)OCCOc1ccc(-c2ccc(/C=C/c3ccc(OCCCOC(=O)C(=C)CO)cc3)cc2)cc1.